The molecule has 2 aromatic carbocycles. The molecule has 0 bridgehead atoms. The minimum atomic E-state index is -0.445. The van der Waals surface area contributed by atoms with Gasteiger partial charge in [-0.05, 0) is 30.0 Å². The van der Waals surface area contributed by atoms with Crippen LogP contribution in [0, 0.1) is 10.1 Å². The zero-order valence-corrected chi connectivity index (χ0v) is 18.0. The second-order valence-corrected chi connectivity index (χ2v) is 5.74. The van der Waals surface area contributed by atoms with Crippen molar-refractivity contribution in [2.24, 2.45) is 10.7 Å². The van der Waals surface area contributed by atoms with Gasteiger partial charge in [0.05, 0.1) is 18.6 Å². The molecule has 0 radical (unpaired) electrons. The number of anilines is 1. The normalized spacial score (nSPS) is 10.9. The molecule has 0 heterocycles. The molecule has 146 valence electrons. The SMILES string of the molecule is CCc1cccc(CC)c1NC(N)=NCc1cc([N+](=O)[O-])ccc1OC.I. The van der Waals surface area contributed by atoms with Crippen LogP contribution in [0.5, 0.6) is 5.75 Å². The van der Waals surface area contributed by atoms with Crippen LogP contribution in [0.4, 0.5) is 11.4 Å². The number of methoxy groups -OCH3 is 1. The first kappa shape index (κ1) is 22.7. The van der Waals surface area contributed by atoms with E-state index in [0.717, 1.165) is 29.7 Å². The summed E-state index contributed by atoms with van der Waals surface area (Å²) in [6, 6.07) is 10.6. The lowest BCUT2D eigenvalue weighted by Crippen LogP contribution is -2.24. The number of para-hydroxylation sites is 1. The van der Waals surface area contributed by atoms with Crippen molar-refractivity contribution < 1.29 is 9.66 Å². The number of rotatable bonds is 7. The van der Waals surface area contributed by atoms with E-state index in [2.05, 4.69) is 36.3 Å². The Balaban J connectivity index is 0.00000364. The van der Waals surface area contributed by atoms with E-state index in [1.165, 1.54) is 19.2 Å². The quantitative estimate of drug-likeness (QED) is 0.201. The van der Waals surface area contributed by atoms with Crippen molar-refractivity contribution in [2.45, 2.75) is 33.2 Å². The number of ether oxygens (including phenoxy) is 1. The van der Waals surface area contributed by atoms with Crippen molar-refractivity contribution in [1.29, 1.82) is 0 Å². The fourth-order valence-corrected chi connectivity index (χ4v) is 2.74. The van der Waals surface area contributed by atoms with Crippen molar-refractivity contribution in [1.82, 2.24) is 0 Å². The van der Waals surface area contributed by atoms with Gasteiger partial charge in [-0.15, -0.1) is 24.0 Å². The third-order valence-corrected chi connectivity index (χ3v) is 4.15. The summed E-state index contributed by atoms with van der Waals surface area (Å²) in [4.78, 5) is 14.9. The summed E-state index contributed by atoms with van der Waals surface area (Å²) in [5.41, 5.74) is 9.95. The van der Waals surface area contributed by atoms with E-state index in [1.54, 1.807) is 6.07 Å². The maximum atomic E-state index is 11.0. The topological polar surface area (TPSA) is 103 Å². The zero-order valence-electron chi connectivity index (χ0n) is 15.7. The van der Waals surface area contributed by atoms with E-state index in [0.29, 0.717) is 11.3 Å². The van der Waals surface area contributed by atoms with Gasteiger partial charge < -0.3 is 15.8 Å². The van der Waals surface area contributed by atoms with Crippen LogP contribution in [0.1, 0.15) is 30.5 Å². The van der Waals surface area contributed by atoms with Crippen molar-refractivity contribution in [3.63, 3.8) is 0 Å². The van der Waals surface area contributed by atoms with Gasteiger partial charge in [-0.2, -0.15) is 0 Å². The minimum absolute atomic E-state index is 0. The van der Waals surface area contributed by atoms with Crippen LogP contribution in [-0.2, 0) is 19.4 Å². The van der Waals surface area contributed by atoms with Gasteiger partial charge in [0.15, 0.2) is 5.96 Å². The highest BCUT2D eigenvalue weighted by Gasteiger charge is 2.12. The van der Waals surface area contributed by atoms with Crippen molar-refractivity contribution >= 4 is 41.3 Å². The second-order valence-electron chi connectivity index (χ2n) is 5.74. The van der Waals surface area contributed by atoms with Crippen molar-refractivity contribution in [3.8, 4) is 5.75 Å². The molecule has 7 nitrogen and oxygen atoms in total. The number of hydrogen-bond acceptors (Lipinski definition) is 4. The zero-order chi connectivity index (χ0) is 19.1. The highest BCUT2D eigenvalue weighted by atomic mass is 127. The molecule has 8 heteroatoms. The van der Waals surface area contributed by atoms with Crippen LogP contribution in [0.25, 0.3) is 0 Å². The van der Waals surface area contributed by atoms with E-state index in [-0.39, 0.29) is 42.2 Å². The third-order valence-electron chi connectivity index (χ3n) is 4.15. The first-order valence-electron chi connectivity index (χ1n) is 8.49. The molecule has 0 fully saturated rings. The number of aryl methyl sites for hydroxylation is 2. The molecule has 0 amide bonds. The summed E-state index contributed by atoms with van der Waals surface area (Å²) in [7, 11) is 1.51. The number of nitrogens with two attached hydrogens (primary N) is 1. The van der Waals surface area contributed by atoms with Crippen LogP contribution in [0.3, 0.4) is 0 Å². The van der Waals surface area contributed by atoms with Gasteiger partial charge in [-0.1, -0.05) is 32.0 Å². The van der Waals surface area contributed by atoms with Crippen molar-refractivity contribution in [3.05, 3.63) is 63.2 Å². The molecule has 0 saturated heterocycles. The largest absolute Gasteiger partial charge is 0.496 e. The number of non-ortho nitro benzene ring substituents is 1. The van der Waals surface area contributed by atoms with E-state index in [1.807, 2.05) is 6.07 Å². The van der Waals surface area contributed by atoms with Crippen LogP contribution in [0.2, 0.25) is 0 Å². The summed E-state index contributed by atoms with van der Waals surface area (Å²) in [6.45, 7) is 4.35. The standard InChI is InChI=1S/C19H24N4O3.HI/c1-4-13-7-6-8-14(5-2)18(13)22-19(20)21-12-15-11-16(23(24)25)9-10-17(15)26-3;/h6-11H,4-5,12H2,1-3H3,(H3,20,21,22);1H. The number of guanidine groups is 1. The van der Waals surface area contributed by atoms with Gasteiger partial charge in [0.2, 0.25) is 0 Å². The Hall–Kier alpha value is -2.36. The van der Waals surface area contributed by atoms with Gasteiger partial charge in [-0.25, -0.2) is 4.99 Å². The summed E-state index contributed by atoms with van der Waals surface area (Å²) >= 11 is 0. The molecule has 0 atom stereocenters. The van der Waals surface area contributed by atoms with Crippen LogP contribution in [0.15, 0.2) is 41.4 Å². The molecule has 0 saturated carbocycles. The van der Waals surface area contributed by atoms with Gasteiger partial charge >= 0.3 is 0 Å². The lowest BCUT2D eigenvalue weighted by Gasteiger charge is -2.15. The predicted octanol–water partition coefficient (Wildman–Crippen LogP) is 4.27. The summed E-state index contributed by atoms with van der Waals surface area (Å²) in [6.07, 6.45) is 1.75. The molecule has 0 aliphatic rings. The van der Waals surface area contributed by atoms with Gasteiger partial charge in [0, 0.05) is 23.4 Å². The summed E-state index contributed by atoms with van der Waals surface area (Å²) in [5.74, 6) is 0.796. The Morgan fingerprint density at radius 1 is 1.19 bits per heavy atom. The average Bonchev–Trinajstić information content (AvgIpc) is 2.66. The molecule has 0 aliphatic carbocycles. The molecular formula is C19H25IN4O3. The Labute approximate surface area is 176 Å². The van der Waals surface area contributed by atoms with Gasteiger partial charge in [0.1, 0.15) is 5.75 Å². The number of aliphatic imine (C=N–C) groups is 1. The molecular weight excluding hydrogens is 459 g/mol. The van der Waals surface area contributed by atoms with Crippen molar-refractivity contribution in [2.75, 3.05) is 12.4 Å². The number of hydrogen-bond donors (Lipinski definition) is 2. The molecule has 2 rings (SSSR count). The number of nitro groups is 1. The van der Waals surface area contributed by atoms with Crippen LogP contribution >= 0.6 is 24.0 Å². The van der Waals surface area contributed by atoms with E-state index >= 15 is 0 Å². The highest BCUT2D eigenvalue weighted by molar-refractivity contribution is 14.0. The van der Waals surface area contributed by atoms with Gasteiger partial charge in [0.25, 0.3) is 5.69 Å². The predicted molar refractivity (Wildman–Crippen MR) is 119 cm³/mol. The summed E-state index contributed by atoms with van der Waals surface area (Å²) < 4.78 is 5.25. The number of nitro benzene ring substituents is 1. The smallest absolute Gasteiger partial charge is 0.270 e. The molecule has 2 aromatic rings. The summed E-state index contributed by atoms with van der Waals surface area (Å²) in [5, 5.41) is 14.1. The molecule has 27 heavy (non-hydrogen) atoms. The molecule has 3 N–H and O–H groups in total. The number of nitrogens with zero attached hydrogens (tertiary/aromatic N) is 2. The maximum absolute atomic E-state index is 11.0. The molecule has 0 aliphatic heterocycles. The minimum Gasteiger partial charge on any atom is -0.496 e. The first-order chi connectivity index (χ1) is 12.5. The molecule has 0 spiro atoms. The number of halogens is 1. The lowest BCUT2D eigenvalue weighted by molar-refractivity contribution is -0.384. The molecule has 0 unspecified atom stereocenters. The highest BCUT2D eigenvalue weighted by Crippen LogP contribution is 2.25. The third kappa shape index (κ3) is 5.81. The monoisotopic (exact) mass is 484 g/mol. The maximum Gasteiger partial charge on any atom is 0.270 e. The number of nitrogens with one attached hydrogen (secondary N) is 1. The second kappa shape index (κ2) is 10.7. The first-order valence-corrected chi connectivity index (χ1v) is 8.49. The fraction of sp³-hybridized carbons (Fsp3) is 0.316. The Morgan fingerprint density at radius 2 is 1.81 bits per heavy atom. The van der Waals surface area contributed by atoms with Crippen LogP contribution in [-0.4, -0.2) is 18.0 Å². The van der Waals surface area contributed by atoms with E-state index in [9.17, 15) is 10.1 Å². The Kier molecular flexibility index (Phi) is 8.99. The van der Waals surface area contributed by atoms with E-state index in [4.69, 9.17) is 10.5 Å². The Morgan fingerprint density at radius 3 is 2.33 bits per heavy atom. The lowest BCUT2D eigenvalue weighted by atomic mass is 10.0. The Bertz CT molecular complexity index is 802. The van der Waals surface area contributed by atoms with Gasteiger partial charge in [-0.3, -0.25) is 10.1 Å². The van der Waals surface area contributed by atoms with E-state index < -0.39 is 4.92 Å². The average molecular weight is 484 g/mol. The van der Waals surface area contributed by atoms with Crippen LogP contribution < -0.4 is 15.8 Å². The molecule has 0 aromatic heterocycles. The fourth-order valence-electron chi connectivity index (χ4n) is 2.74. The number of benzene rings is 2.